The lowest BCUT2D eigenvalue weighted by atomic mass is 10.1. The number of carboxylic acid groups (broad SMARTS) is 1. The number of aromatic amines is 1. The highest BCUT2D eigenvalue weighted by atomic mass is 16.5. The van der Waals surface area contributed by atoms with Gasteiger partial charge in [0.25, 0.3) is 0 Å². The van der Waals surface area contributed by atoms with Gasteiger partial charge in [0, 0.05) is 37.6 Å². The molecule has 0 aromatic carbocycles. The van der Waals surface area contributed by atoms with E-state index in [1.807, 2.05) is 18.2 Å². The number of carbonyl (C=O) groups is 1. The Morgan fingerprint density at radius 1 is 1.12 bits per heavy atom. The van der Waals surface area contributed by atoms with Crippen molar-refractivity contribution in [3.63, 3.8) is 0 Å². The predicted molar refractivity (Wildman–Crippen MR) is 152 cm³/mol. The van der Waals surface area contributed by atoms with Crippen LogP contribution in [0.2, 0.25) is 0 Å². The Labute approximate surface area is 232 Å². The zero-order valence-electron chi connectivity index (χ0n) is 22.4. The van der Waals surface area contributed by atoms with E-state index < -0.39 is 12.0 Å². The molecule has 0 amide bonds. The first-order chi connectivity index (χ1) is 19.7. The van der Waals surface area contributed by atoms with Crippen molar-refractivity contribution in [3.05, 3.63) is 60.3 Å². The van der Waals surface area contributed by atoms with Gasteiger partial charge in [-0.05, 0) is 62.8 Å². The largest absolute Gasteiger partial charge is 0.480 e. The predicted octanol–water partition coefficient (Wildman–Crippen LogP) is 3.16. The fourth-order valence-corrected chi connectivity index (χ4v) is 4.81. The molecule has 4 aromatic rings. The Morgan fingerprint density at radius 2 is 2.08 bits per heavy atom. The molecule has 5 heterocycles. The number of pyridine rings is 2. The van der Waals surface area contributed by atoms with Crippen molar-refractivity contribution in [2.75, 3.05) is 43.4 Å². The minimum atomic E-state index is -0.942. The number of aromatic nitrogens is 6. The van der Waals surface area contributed by atoms with Crippen LogP contribution in [-0.2, 0) is 17.6 Å². The molecule has 40 heavy (non-hydrogen) atoms. The normalized spacial score (nSPS) is 13.5. The molecule has 5 rings (SSSR count). The zero-order valence-corrected chi connectivity index (χ0v) is 22.4. The van der Waals surface area contributed by atoms with Gasteiger partial charge >= 0.3 is 5.97 Å². The van der Waals surface area contributed by atoms with Crippen molar-refractivity contribution in [1.82, 2.24) is 35.0 Å². The molecule has 1 aliphatic rings. The summed E-state index contributed by atoms with van der Waals surface area (Å²) in [6.07, 6.45) is 10.1. The van der Waals surface area contributed by atoms with Crippen LogP contribution in [0.1, 0.15) is 36.9 Å². The summed E-state index contributed by atoms with van der Waals surface area (Å²) in [6, 6.07) is 9.06. The van der Waals surface area contributed by atoms with Crippen molar-refractivity contribution >= 4 is 28.6 Å². The average Bonchev–Trinajstić information content (AvgIpc) is 3.47. The third kappa shape index (κ3) is 7.41. The molecule has 0 saturated heterocycles. The summed E-state index contributed by atoms with van der Waals surface area (Å²) in [6.45, 7) is 3.49. The fraction of sp³-hybridized carbons (Fsp3) is 0.429. The van der Waals surface area contributed by atoms with E-state index in [1.165, 1.54) is 11.9 Å². The second kappa shape index (κ2) is 13.7. The molecule has 0 saturated carbocycles. The molecule has 0 radical (unpaired) electrons. The summed E-state index contributed by atoms with van der Waals surface area (Å²) in [5, 5.41) is 23.2. The number of unbranched alkanes of at least 4 members (excludes halogenated alkanes) is 1. The summed E-state index contributed by atoms with van der Waals surface area (Å²) < 4.78 is 5.82. The van der Waals surface area contributed by atoms with Crippen LogP contribution in [0.3, 0.4) is 0 Å². The molecule has 0 unspecified atom stereocenters. The Hall–Kier alpha value is -4.32. The number of H-pyrrole nitrogens is 1. The molecule has 4 aromatic heterocycles. The number of ether oxygens (including phenoxy) is 1. The molecule has 0 fully saturated rings. The van der Waals surface area contributed by atoms with Gasteiger partial charge in [-0.15, -0.1) is 0 Å². The fourth-order valence-electron chi connectivity index (χ4n) is 4.81. The molecule has 4 N–H and O–H groups in total. The first-order valence-electron chi connectivity index (χ1n) is 13.8. The number of hydrogen-bond donors (Lipinski definition) is 4. The minimum Gasteiger partial charge on any atom is -0.480 e. The minimum absolute atomic E-state index is 0.386. The summed E-state index contributed by atoms with van der Waals surface area (Å²) in [5.41, 5.74) is 3.61. The van der Waals surface area contributed by atoms with Gasteiger partial charge in [0.05, 0.1) is 6.20 Å². The van der Waals surface area contributed by atoms with Crippen LogP contribution >= 0.6 is 0 Å². The van der Waals surface area contributed by atoms with Crippen LogP contribution in [0.5, 0.6) is 5.88 Å². The summed E-state index contributed by atoms with van der Waals surface area (Å²) in [4.78, 5) is 31.7. The highest BCUT2D eigenvalue weighted by Crippen LogP contribution is 2.21. The van der Waals surface area contributed by atoms with Crippen LogP contribution in [0.15, 0.2) is 49.1 Å². The van der Waals surface area contributed by atoms with E-state index in [0.29, 0.717) is 48.8 Å². The van der Waals surface area contributed by atoms with Crippen molar-refractivity contribution in [3.8, 4) is 5.88 Å². The topological polar surface area (TPSA) is 154 Å². The van der Waals surface area contributed by atoms with Crippen molar-refractivity contribution < 1.29 is 14.6 Å². The number of rotatable bonds is 15. The standard InChI is InChI=1S/C28H35N9O3/c38-28(39)22(35-27-25-23(18-33-36-25)31-19-32-27)11-15-37(16-17-40-24-8-1-3-12-29-24)14-4-2-7-21-10-9-20-6-5-13-30-26(20)34-21/h1,3,8-10,12,18-19,22H,2,4-7,11,13-17H2,(H,30,34)(H,33,36)(H,38,39)(H,31,32,35)/t22-/m0/s1. The summed E-state index contributed by atoms with van der Waals surface area (Å²) in [7, 11) is 0. The highest BCUT2D eigenvalue weighted by molar-refractivity contribution is 5.87. The number of aliphatic carboxylic acids is 1. The van der Waals surface area contributed by atoms with Crippen LogP contribution in [0, 0.1) is 0 Å². The van der Waals surface area contributed by atoms with Gasteiger partial charge in [-0.25, -0.2) is 24.7 Å². The van der Waals surface area contributed by atoms with E-state index in [4.69, 9.17) is 9.72 Å². The number of anilines is 2. The lowest BCUT2D eigenvalue weighted by Crippen LogP contribution is -2.37. The van der Waals surface area contributed by atoms with Crippen LogP contribution < -0.4 is 15.4 Å². The smallest absolute Gasteiger partial charge is 0.326 e. The van der Waals surface area contributed by atoms with Gasteiger partial charge < -0.3 is 20.5 Å². The van der Waals surface area contributed by atoms with Gasteiger partial charge in [0.2, 0.25) is 5.88 Å². The molecule has 12 nitrogen and oxygen atoms in total. The third-order valence-electron chi connectivity index (χ3n) is 6.99. The second-order valence-corrected chi connectivity index (χ2v) is 9.83. The first kappa shape index (κ1) is 27.3. The quantitative estimate of drug-likeness (QED) is 0.163. The number of hydrogen-bond acceptors (Lipinski definition) is 10. The van der Waals surface area contributed by atoms with Crippen LogP contribution in [0.25, 0.3) is 11.0 Å². The monoisotopic (exact) mass is 545 g/mol. The zero-order chi connectivity index (χ0) is 27.6. The van der Waals surface area contributed by atoms with Gasteiger partial charge in [0.1, 0.15) is 35.8 Å². The Balaban J connectivity index is 1.16. The van der Waals surface area contributed by atoms with Gasteiger partial charge in [0.15, 0.2) is 5.82 Å². The van der Waals surface area contributed by atoms with E-state index in [-0.39, 0.29) is 0 Å². The second-order valence-electron chi connectivity index (χ2n) is 9.83. The van der Waals surface area contributed by atoms with Crippen molar-refractivity contribution in [2.45, 2.75) is 44.6 Å². The Bertz CT molecular complexity index is 1380. The van der Waals surface area contributed by atoms with E-state index in [0.717, 1.165) is 56.7 Å². The number of fused-ring (bicyclic) bond motifs is 2. The molecular formula is C28H35N9O3. The van der Waals surface area contributed by atoms with E-state index in [9.17, 15) is 9.90 Å². The third-order valence-corrected chi connectivity index (χ3v) is 6.99. The number of nitrogens with zero attached hydrogens (tertiary/aromatic N) is 6. The molecule has 0 aliphatic carbocycles. The molecule has 1 aliphatic heterocycles. The Kier molecular flexibility index (Phi) is 9.30. The Morgan fingerprint density at radius 3 is 2.95 bits per heavy atom. The summed E-state index contributed by atoms with van der Waals surface area (Å²) in [5.74, 6) is 1.09. The molecule has 0 bridgehead atoms. The maximum atomic E-state index is 12.1. The lowest BCUT2D eigenvalue weighted by Gasteiger charge is -2.24. The maximum absolute atomic E-state index is 12.1. The molecule has 12 heteroatoms. The number of nitrogens with one attached hydrogen (secondary N) is 3. The average molecular weight is 546 g/mol. The lowest BCUT2D eigenvalue weighted by molar-refractivity contribution is -0.138. The molecule has 1 atom stereocenters. The van der Waals surface area contributed by atoms with Gasteiger partial charge in [-0.2, -0.15) is 5.10 Å². The van der Waals surface area contributed by atoms with Gasteiger partial charge in [-0.3, -0.25) is 10.00 Å². The SMILES string of the molecule is O=C(O)[C@H](CCN(CCCCc1ccc2c(n1)NCCC2)CCOc1ccccn1)Nc1ncnc2cn[nH]c12. The van der Waals surface area contributed by atoms with Crippen LogP contribution in [-0.4, -0.2) is 84.9 Å². The van der Waals surface area contributed by atoms with E-state index in [2.05, 4.69) is 52.8 Å². The van der Waals surface area contributed by atoms with Gasteiger partial charge in [-0.1, -0.05) is 12.1 Å². The maximum Gasteiger partial charge on any atom is 0.326 e. The number of carboxylic acids is 1. The van der Waals surface area contributed by atoms with Crippen LogP contribution in [0.4, 0.5) is 11.6 Å². The number of aryl methyl sites for hydroxylation is 2. The molecule has 210 valence electrons. The van der Waals surface area contributed by atoms with Crippen molar-refractivity contribution in [1.29, 1.82) is 0 Å². The van der Waals surface area contributed by atoms with Crippen molar-refractivity contribution in [2.24, 2.45) is 0 Å². The van der Waals surface area contributed by atoms with E-state index in [1.54, 1.807) is 12.4 Å². The highest BCUT2D eigenvalue weighted by Gasteiger charge is 2.21. The van der Waals surface area contributed by atoms with E-state index >= 15 is 0 Å². The molecular weight excluding hydrogens is 510 g/mol. The first-order valence-corrected chi connectivity index (χ1v) is 13.8. The summed E-state index contributed by atoms with van der Waals surface area (Å²) >= 11 is 0. The molecule has 0 spiro atoms.